The van der Waals surface area contributed by atoms with Crippen LogP contribution in [0.2, 0.25) is 0 Å². The molecule has 114 valence electrons. The summed E-state index contributed by atoms with van der Waals surface area (Å²) in [5, 5.41) is 10.3. The lowest BCUT2D eigenvalue weighted by Gasteiger charge is -2.27. The smallest absolute Gasteiger partial charge is 0.0802 e. The van der Waals surface area contributed by atoms with Crippen molar-refractivity contribution in [1.29, 1.82) is 0 Å². The van der Waals surface area contributed by atoms with Gasteiger partial charge in [-0.3, -0.25) is 0 Å². The normalized spacial score (nSPS) is 13.4. The molecule has 0 bridgehead atoms. The van der Waals surface area contributed by atoms with E-state index >= 15 is 0 Å². The highest BCUT2D eigenvalue weighted by Crippen LogP contribution is 2.19. The molecule has 1 aromatic rings. The fourth-order valence-corrected chi connectivity index (χ4v) is 2.48. The standard InChI is InChI=1S/C17H30N2O/c1-13(2)11-19(12-14(3)4)10-9-17(20)15-5-7-16(18)8-6-15/h5-8,13-14,17,20H,9-12,18H2,1-4H3. The van der Waals surface area contributed by atoms with Gasteiger partial charge >= 0.3 is 0 Å². The van der Waals surface area contributed by atoms with E-state index in [1.165, 1.54) is 0 Å². The summed E-state index contributed by atoms with van der Waals surface area (Å²) in [6.07, 6.45) is 0.362. The fourth-order valence-electron chi connectivity index (χ4n) is 2.48. The number of nitrogens with two attached hydrogens (primary N) is 1. The van der Waals surface area contributed by atoms with Crippen molar-refractivity contribution in [3.63, 3.8) is 0 Å². The maximum absolute atomic E-state index is 10.3. The van der Waals surface area contributed by atoms with Crippen LogP contribution < -0.4 is 5.73 Å². The highest BCUT2D eigenvalue weighted by molar-refractivity contribution is 5.39. The van der Waals surface area contributed by atoms with Crippen molar-refractivity contribution in [2.45, 2.75) is 40.2 Å². The largest absolute Gasteiger partial charge is 0.399 e. The number of benzene rings is 1. The van der Waals surface area contributed by atoms with Gasteiger partial charge in [0.05, 0.1) is 6.10 Å². The molecule has 0 saturated carbocycles. The van der Waals surface area contributed by atoms with Crippen LogP contribution in [0.5, 0.6) is 0 Å². The lowest BCUT2D eigenvalue weighted by molar-refractivity contribution is 0.131. The Kier molecular flexibility index (Phi) is 7.03. The SMILES string of the molecule is CC(C)CN(CCC(O)c1ccc(N)cc1)CC(C)C. The maximum atomic E-state index is 10.3. The molecule has 0 heterocycles. The van der Waals surface area contributed by atoms with Gasteiger partial charge in [-0.05, 0) is 36.0 Å². The minimum Gasteiger partial charge on any atom is -0.399 e. The van der Waals surface area contributed by atoms with Gasteiger partial charge in [0.15, 0.2) is 0 Å². The van der Waals surface area contributed by atoms with Crippen molar-refractivity contribution in [2.24, 2.45) is 11.8 Å². The summed E-state index contributed by atoms with van der Waals surface area (Å²) in [6.45, 7) is 12.1. The van der Waals surface area contributed by atoms with E-state index in [1.54, 1.807) is 0 Å². The van der Waals surface area contributed by atoms with Gasteiger partial charge < -0.3 is 15.7 Å². The van der Waals surface area contributed by atoms with E-state index in [4.69, 9.17) is 5.73 Å². The number of nitrogen functional groups attached to an aromatic ring is 1. The molecule has 0 aromatic heterocycles. The Morgan fingerprint density at radius 2 is 1.50 bits per heavy atom. The monoisotopic (exact) mass is 278 g/mol. The molecule has 1 aromatic carbocycles. The molecule has 0 aliphatic carbocycles. The van der Waals surface area contributed by atoms with Crippen LogP contribution >= 0.6 is 0 Å². The van der Waals surface area contributed by atoms with Crippen LogP contribution in [0.1, 0.15) is 45.8 Å². The second-order valence-electron chi connectivity index (χ2n) is 6.52. The highest BCUT2D eigenvalue weighted by Gasteiger charge is 2.13. The number of aliphatic hydroxyl groups excluding tert-OH is 1. The fraction of sp³-hybridized carbons (Fsp3) is 0.647. The van der Waals surface area contributed by atoms with Gasteiger partial charge in [-0.2, -0.15) is 0 Å². The van der Waals surface area contributed by atoms with Gasteiger partial charge in [-0.1, -0.05) is 39.8 Å². The van der Waals surface area contributed by atoms with Gasteiger partial charge in [0, 0.05) is 25.3 Å². The predicted octanol–water partition coefficient (Wildman–Crippen LogP) is 3.31. The zero-order valence-electron chi connectivity index (χ0n) is 13.3. The van der Waals surface area contributed by atoms with Crippen molar-refractivity contribution in [2.75, 3.05) is 25.4 Å². The van der Waals surface area contributed by atoms with Crippen molar-refractivity contribution in [3.05, 3.63) is 29.8 Å². The van der Waals surface area contributed by atoms with Gasteiger partial charge in [-0.25, -0.2) is 0 Å². The summed E-state index contributed by atoms with van der Waals surface area (Å²) < 4.78 is 0. The molecule has 1 unspecified atom stereocenters. The van der Waals surface area contributed by atoms with Crippen LogP contribution in [0.4, 0.5) is 5.69 Å². The average molecular weight is 278 g/mol. The molecular weight excluding hydrogens is 248 g/mol. The van der Waals surface area contributed by atoms with E-state index < -0.39 is 6.10 Å². The van der Waals surface area contributed by atoms with Gasteiger partial charge in [0.25, 0.3) is 0 Å². The van der Waals surface area contributed by atoms with Crippen molar-refractivity contribution in [3.8, 4) is 0 Å². The van der Waals surface area contributed by atoms with Crippen LogP contribution in [0.15, 0.2) is 24.3 Å². The second kappa shape index (κ2) is 8.28. The van der Waals surface area contributed by atoms with Crippen LogP contribution in [-0.4, -0.2) is 29.6 Å². The van der Waals surface area contributed by atoms with E-state index in [9.17, 15) is 5.11 Å². The summed E-state index contributed by atoms with van der Waals surface area (Å²) in [5.41, 5.74) is 7.36. The molecule has 20 heavy (non-hydrogen) atoms. The summed E-state index contributed by atoms with van der Waals surface area (Å²) in [4.78, 5) is 2.45. The first-order valence-corrected chi connectivity index (χ1v) is 7.64. The van der Waals surface area contributed by atoms with Crippen molar-refractivity contribution in [1.82, 2.24) is 4.90 Å². The second-order valence-corrected chi connectivity index (χ2v) is 6.52. The number of nitrogens with zero attached hydrogens (tertiary/aromatic N) is 1. The molecule has 0 amide bonds. The lowest BCUT2D eigenvalue weighted by Crippen LogP contribution is -2.33. The third-order valence-electron chi connectivity index (χ3n) is 3.29. The molecule has 3 nitrogen and oxygen atoms in total. The van der Waals surface area contributed by atoms with E-state index in [-0.39, 0.29) is 0 Å². The molecule has 0 radical (unpaired) electrons. The number of rotatable bonds is 8. The number of aliphatic hydroxyl groups is 1. The first-order valence-electron chi connectivity index (χ1n) is 7.64. The minimum absolute atomic E-state index is 0.405. The third kappa shape index (κ3) is 6.40. The van der Waals surface area contributed by atoms with Crippen LogP contribution in [-0.2, 0) is 0 Å². The zero-order valence-corrected chi connectivity index (χ0v) is 13.3. The first kappa shape index (κ1) is 17.0. The molecule has 3 N–H and O–H groups in total. The summed E-state index contributed by atoms with van der Waals surface area (Å²) in [5.74, 6) is 1.31. The molecule has 1 rings (SSSR count). The molecular formula is C17H30N2O. The Balaban J connectivity index is 2.50. The lowest BCUT2D eigenvalue weighted by atomic mass is 10.0. The van der Waals surface area contributed by atoms with Gasteiger partial charge in [-0.15, -0.1) is 0 Å². The van der Waals surface area contributed by atoms with Crippen molar-refractivity contribution >= 4 is 5.69 Å². The minimum atomic E-state index is -0.405. The Morgan fingerprint density at radius 1 is 1.00 bits per heavy atom. The third-order valence-corrected chi connectivity index (χ3v) is 3.29. The van der Waals surface area contributed by atoms with Crippen LogP contribution in [0.3, 0.4) is 0 Å². The molecule has 1 atom stereocenters. The summed E-state index contributed by atoms with van der Waals surface area (Å²) in [7, 11) is 0. The molecule has 0 fully saturated rings. The molecule has 0 spiro atoms. The summed E-state index contributed by atoms with van der Waals surface area (Å²) in [6, 6.07) is 7.52. The highest BCUT2D eigenvalue weighted by atomic mass is 16.3. The van der Waals surface area contributed by atoms with Gasteiger partial charge in [0.1, 0.15) is 0 Å². The molecule has 0 aliphatic heterocycles. The Bertz CT molecular complexity index is 363. The van der Waals surface area contributed by atoms with Crippen molar-refractivity contribution < 1.29 is 5.11 Å². The van der Waals surface area contributed by atoms with E-state index in [1.807, 2.05) is 24.3 Å². The number of hydrogen-bond donors (Lipinski definition) is 2. The molecule has 0 saturated heterocycles. The van der Waals surface area contributed by atoms with Crippen LogP contribution in [0, 0.1) is 11.8 Å². The average Bonchev–Trinajstić information content (AvgIpc) is 2.35. The van der Waals surface area contributed by atoms with E-state index in [0.29, 0.717) is 11.8 Å². The van der Waals surface area contributed by atoms with E-state index in [0.717, 1.165) is 37.3 Å². The maximum Gasteiger partial charge on any atom is 0.0802 e. The molecule has 0 aliphatic rings. The summed E-state index contributed by atoms with van der Waals surface area (Å²) >= 11 is 0. The zero-order chi connectivity index (χ0) is 15.1. The van der Waals surface area contributed by atoms with Crippen LogP contribution in [0.25, 0.3) is 0 Å². The predicted molar refractivity (Wildman–Crippen MR) is 86.5 cm³/mol. The van der Waals surface area contributed by atoms with Gasteiger partial charge in [0.2, 0.25) is 0 Å². The first-order chi connectivity index (χ1) is 9.38. The Hall–Kier alpha value is -1.06. The number of hydrogen-bond acceptors (Lipinski definition) is 3. The topological polar surface area (TPSA) is 49.5 Å². The molecule has 3 heteroatoms. The quantitative estimate of drug-likeness (QED) is 0.717. The number of anilines is 1. The Morgan fingerprint density at radius 3 is 1.95 bits per heavy atom. The Labute approximate surface area is 123 Å². The van der Waals surface area contributed by atoms with E-state index in [2.05, 4.69) is 32.6 Å².